The molecule has 0 spiro atoms. The summed E-state index contributed by atoms with van der Waals surface area (Å²) in [6, 6.07) is 9.32. The Morgan fingerprint density at radius 3 is 2.80 bits per heavy atom. The molecule has 3 aliphatic rings. The molecule has 2 fully saturated rings. The first-order valence-electron chi connectivity index (χ1n) is 8.94. The second kappa shape index (κ2) is 5.20. The quantitative estimate of drug-likeness (QED) is 0.658. The van der Waals surface area contributed by atoms with Gasteiger partial charge in [0.05, 0.1) is 0 Å². The Balaban J connectivity index is 1.58. The first kappa shape index (κ1) is 12.9. The van der Waals surface area contributed by atoms with Gasteiger partial charge < -0.3 is 0 Å². The van der Waals surface area contributed by atoms with Crippen molar-refractivity contribution in [1.82, 2.24) is 0 Å². The minimum Gasteiger partial charge on any atom is -0.0654 e. The molecule has 5 atom stereocenters. The highest BCUT2D eigenvalue weighted by Crippen LogP contribution is 2.56. The number of rotatable bonds is 2. The first-order chi connectivity index (χ1) is 9.86. The van der Waals surface area contributed by atoms with E-state index in [0.717, 1.165) is 29.6 Å². The lowest BCUT2D eigenvalue weighted by atomic mass is 9.61. The van der Waals surface area contributed by atoms with Crippen molar-refractivity contribution in [3.05, 3.63) is 35.4 Å². The molecule has 2 saturated carbocycles. The molecule has 4 rings (SSSR count). The second-order valence-corrected chi connectivity index (χ2v) is 7.64. The summed E-state index contributed by atoms with van der Waals surface area (Å²) in [5.74, 6) is 5.13. The third-order valence-corrected chi connectivity index (χ3v) is 6.66. The van der Waals surface area contributed by atoms with Crippen LogP contribution in [0.15, 0.2) is 24.3 Å². The van der Waals surface area contributed by atoms with Crippen molar-refractivity contribution >= 4 is 0 Å². The summed E-state index contributed by atoms with van der Waals surface area (Å²) in [5.41, 5.74) is 3.39. The Labute approximate surface area is 124 Å². The Kier molecular flexibility index (Phi) is 3.36. The third-order valence-electron chi connectivity index (χ3n) is 6.66. The molecule has 1 aromatic rings. The minimum absolute atomic E-state index is 0.904. The minimum atomic E-state index is 0.904. The number of fused-ring (bicyclic) bond motifs is 5. The van der Waals surface area contributed by atoms with E-state index in [1.54, 1.807) is 24.0 Å². The lowest BCUT2D eigenvalue weighted by Gasteiger charge is -2.44. The second-order valence-electron chi connectivity index (χ2n) is 7.64. The number of hydrogen-bond acceptors (Lipinski definition) is 0. The van der Waals surface area contributed by atoms with Gasteiger partial charge in [0.1, 0.15) is 0 Å². The number of aryl methyl sites for hydroxylation is 1. The van der Waals surface area contributed by atoms with E-state index >= 15 is 0 Å². The van der Waals surface area contributed by atoms with Crippen LogP contribution in [-0.4, -0.2) is 0 Å². The first-order valence-corrected chi connectivity index (χ1v) is 8.94. The molecule has 0 radical (unpaired) electrons. The third kappa shape index (κ3) is 2.03. The van der Waals surface area contributed by atoms with Gasteiger partial charge in [-0.1, -0.05) is 44.0 Å². The molecule has 0 heterocycles. The van der Waals surface area contributed by atoms with Crippen LogP contribution in [0.3, 0.4) is 0 Å². The van der Waals surface area contributed by atoms with Crippen LogP contribution >= 0.6 is 0 Å². The number of benzene rings is 1. The Hall–Kier alpha value is -0.780. The van der Waals surface area contributed by atoms with Gasteiger partial charge in [0, 0.05) is 0 Å². The Morgan fingerprint density at radius 1 is 1.00 bits per heavy atom. The van der Waals surface area contributed by atoms with Crippen molar-refractivity contribution in [3.63, 3.8) is 0 Å². The van der Waals surface area contributed by atoms with Crippen LogP contribution in [0.25, 0.3) is 0 Å². The summed E-state index contributed by atoms with van der Waals surface area (Å²) in [6.45, 7) is 2.36. The van der Waals surface area contributed by atoms with Crippen LogP contribution in [0.4, 0.5) is 0 Å². The van der Waals surface area contributed by atoms with Gasteiger partial charge in [0.15, 0.2) is 0 Å². The lowest BCUT2D eigenvalue weighted by molar-refractivity contribution is 0.136. The molecule has 1 unspecified atom stereocenters. The van der Waals surface area contributed by atoms with Gasteiger partial charge in [-0.05, 0) is 79.2 Å². The molecule has 0 N–H and O–H groups in total. The monoisotopic (exact) mass is 268 g/mol. The smallest absolute Gasteiger partial charge is 0.0128 e. The van der Waals surface area contributed by atoms with Crippen LogP contribution in [-0.2, 0) is 6.42 Å². The van der Waals surface area contributed by atoms with Crippen LogP contribution in [0.5, 0.6) is 0 Å². The zero-order valence-corrected chi connectivity index (χ0v) is 12.9. The fourth-order valence-electron chi connectivity index (χ4n) is 5.93. The van der Waals surface area contributed by atoms with E-state index in [2.05, 4.69) is 31.2 Å². The lowest BCUT2D eigenvalue weighted by Crippen LogP contribution is -2.34. The van der Waals surface area contributed by atoms with Gasteiger partial charge in [-0.2, -0.15) is 0 Å². The highest BCUT2D eigenvalue weighted by Gasteiger charge is 2.46. The predicted octanol–water partition coefficient (Wildman–Crippen LogP) is 5.57. The zero-order chi connectivity index (χ0) is 13.5. The summed E-state index contributed by atoms with van der Waals surface area (Å²) in [6.07, 6.45) is 11.8. The van der Waals surface area contributed by atoms with Crippen LogP contribution in [0.2, 0.25) is 0 Å². The fourth-order valence-corrected chi connectivity index (χ4v) is 5.93. The molecule has 0 amide bonds. The Morgan fingerprint density at radius 2 is 1.90 bits per heavy atom. The van der Waals surface area contributed by atoms with E-state index in [1.165, 1.54) is 38.5 Å². The van der Waals surface area contributed by atoms with E-state index in [1.807, 2.05) is 0 Å². The summed E-state index contributed by atoms with van der Waals surface area (Å²) in [5, 5.41) is 0. The number of hydrogen-bond donors (Lipinski definition) is 0. The molecule has 0 aliphatic heterocycles. The topological polar surface area (TPSA) is 0 Å². The van der Waals surface area contributed by atoms with Crippen molar-refractivity contribution in [1.29, 1.82) is 0 Å². The van der Waals surface area contributed by atoms with Gasteiger partial charge in [-0.15, -0.1) is 0 Å². The van der Waals surface area contributed by atoms with E-state index in [9.17, 15) is 0 Å². The molecule has 0 saturated heterocycles. The Bertz CT molecular complexity index is 475. The van der Waals surface area contributed by atoms with Gasteiger partial charge in [0.25, 0.3) is 0 Å². The van der Waals surface area contributed by atoms with Crippen molar-refractivity contribution in [2.24, 2.45) is 23.7 Å². The molecule has 0 aromatic heterocycles. The summed E-state index contributed by atoms with van der Waals surface area (Å²) in [4.78, 5) is 0. The van der Waals surface area contributed by atoms with Gasteiger partial charge in [0.2, 0.25) is 0 Å². The maximum Gasteiger partial charge on any atom is -0.0128 e. The maximum atomic E-state index is 2.44. The average molecular weight is 268 g/mol. The highest BCUT2D eigenvalue weighted by atomic mass is 14.5. The molecule has 108 valence electrons. The predicted molar refractivity (Wildman–Crippen MR) is 84.8 cm³/mol. The average Bonchev–Trinajstić information content (AvgIpc) is 2.90. The molecule has 1 aromatic carbocycles. The highest BCUT2D eigenvalue weighted by molar-refractivity contribution is 5.34. The van der Waals surface area contributed by atoms with Crippen molar-refractivity contribution in [2.75, 3.05) is 0 Å². The molecule has 0 bridgehead atoms. The van der Waals surface area contributed by atoms with Gasteiger partial charge in [-0.3, -0.25) is 0 Å². The van der Waals surface area contributed by atoms with Crippen LogP contribution < -0.4 is 0 Å². The van der Waals surface area contributed by atoms with Crippen LogP contribution in [0, 0.1) is 23.7 Å². The van der Waals surface area contributed by atoms with Gasteiger partial charge in [-0.25, -0.2) is 0 Å². The molecule has 3 aliphatic carbocycles. The van der Waals surface area contributed by atoms with E-state index in [0.29, 0.717) is 0 Å². The standard InChI is InChI=1S/C20H28/c1-2-5-14-12-16-9-11-18-17-7-4-3-6-15(17)8-10-19(18)20(16)13-14/h3-4,6-7,14,16,18-20H,2,5,8-13H2,1H3/t14?,16-,18-,19-,20-/m1/s1. The molecular formula is C20H28. The summed E-state index contributed by atoms with van der Waals surface area (Å²) >= 11 is 0. The molecular weight excluding hydrogens is 240 g/mol. The van der Waals surface area contributed by atoms with E-state index < -0.39 is 0 Å². The summed E-state index contributed by atoms with van der Waals surface area (Å²) < 4.78 is 0. The van der Waals surface area contributed by atoms with Crippen molar-refractivity contribution < 1.29 is 0 Å². The van der Waals surface area contributed by atoms with Crippen LogP contribution in [0.1, 0.15) is 68.9 Å². The van der Waals surface area contributed by atoms with Crippen molar-refractivity contribution in [2.45, 2.75) is 64.2 Å². The summed E-state index contributed by atoms with van der Waals surface area (Å²) in [7, 11) is 0. The SMILES string of the molecule is CCCC1C[C@H]2CC[C@@H]3c4ccccc4CC[C@H]3[C@@H]2C1. The fraction of sp³-hybridized carbons (Fsp3) is 0.700. The normalized spacial score (nSPS) is 39.0. The molecule has 0 nitrogen and oxygen atoms in total. The van der Waals surface area contributed by atoms with Crippen molar-refractivity contribution in [3.8, 4) is 0 Å². The molecule has 0 heteroatoms. The van der Waals surface area contributed by atoms with E-state index in [-0.39, 0.29) is 0 Å². The van der Waals surface area contributed by atoms with E-state index in [4.69, 9.17) is 0 Å². The zero-order valence-electron chi connectivity index (χ0n) is 12.9. The molecule has 20 heavy (non-hydrogen) atoms. The maximum absolute atomic E-state index is 2.44. The largest absolute Gasteiger partial charge is 0.0654 e. The van der Waals surface area contributed by atoms with Gasteiger partial charge >= 0.3 is 0 Å².